The summed E-state index contributed by atoms with van der Waals surface area (Å²) in [6, 6.07) is 1.14. The average Bonchev–Trinajstić information content (AvgIpc) is 2.51. The van der Waals surface area contributed by atoms with Crippen LogP contribution in [0.25, 0.3) is 0 Å². The van der Waals surface area contributed by atoms with E-state index in [2.05, 4.69) is 15.9 Å². The first-order valence-corrected chi connectivity index (χ1v) is 9.35. The van der Waals surface area contributed by atoms with Gasteiger partial charge in [-0.1, -0.05) is 0 Å². The zero-order valence-corrected chi connectivity index (χ0v) is 17.4. The maximum absolute atomic E-state index is 14.4. The molecule has 2 rings (SSSR count). The van der Waals surface area contributed by atoms with Crippen LogP contribution in [0.2, 0.25) is 0 Å². The lowest BCUT2D eigenvalue weighted by Gasteiger charge is -2.40. The van der Waals surface area contributed by atoms with Gasteiger partial charge in [-0.2, -0.15) is 13.2 Å². The number of hydrogen-bond donors (Lipinski definition) is 0. The van der Waals surface area contributed by atoms with Gasteiger partial charge in [0.25, 0.3) is 5.91 Å². The van der Waals surface area contributed by atoms with Crippen LogP contribution in [-0.2, 0) is 10.9 Å². The molecule has 1 aliphatic heterocycles. The first kappa shape index (κ1) is 22.4. The highest BCUT2D eigenvalue weighted by Gasteiger charge is 2.39. The topological polar surface area (TPSA) is 49.9 Å². The molecule has 156 valence electrons. The number of amides is 2. The molecule has 28 heavy (non-hydrogen) atoms. The summed E-state index contributed by atoms with van der Waals surface area (Å²) in [6.45, 7) is 7.07. The molecule has 5 nitrogen and oxygen atoms in total. The van der Waals surface area contributed by atoms with Crippen LogP contribution < -0.4 is 0 Å². The Morgan fingerprint density at radius 3 is 2.29 bits per heavy atom. The molecular formula is C18H21BrF4N2O3. The summed E-state index contributed by atoms with van der Waals surface area (Å²) in [5.41, 5.74) is -2.86. The SMILES string of the molecule is C[C@@H]1CN(C(=O)c2c(Br)ccc(C(F)(F)F)c2F)CCN1C(=O)OC(C)(C)C. The van der Waals surface area contributed by atoms with E-state index in [0.29, 0.717) is 6.07 Å². The predicted molar refractivity (Wildman–Crippen MR) is 97.4 cm³/mol. The fraction of sp³-hybridized carbons (Fsp3) is 0.556. The van der Waals surface area contributed by atoms with Gasteiger partial charge in [-0.3, -0.25) is 4.79 Å². The summed E-state index contributed by atoms with van der Waals surface area (Å²) in [7, 11) is 0. The standard InChI is InChI=1S/C18H21BrF4N2O3/c1-10-9-24(7-8-25(10)16(27)28-17(2,3)4)15(26)13-12(19)6-5-11(14(13)20)18(21,22)23/h5-6,10H,7-9H2,1-4H3/t10-/m1/s1. The van der Waals surface area contributed by atoms with E-state index >= 15 is 0 Å². The molecule has 0 radical (unpaired) electrons. The van der Waals surface area contributed by atoms with Crippen molar-refractivity contribution >= 4 is 27.9 Å². The molecule has 1 saturated heterocycles. The zero-order valence-electron chi connectivity index (χ0n) is 15.9. The van der Waals surface area contributed by atoms with Crippen LogP contribution in [0.4, 0.5) is 22.4 Å². The summed E-state index contributed by atoms with van der Waals surface area (Å²) in [4.78, 5) is 27.6. The second kappa shape index (κ2) is 7.88. The van der Waals surface area contributed by atoms with E-state index in [1.54, 1.807) is 27.7 Å². The zero-order chi connectivity index (χ0) is 21.4. The van der Waals surface area contributed by atoms with Gasteiger partial charge in [-0.15, -0.1) is 0 Å². The van der Waals surface area contributed by atoms with Crippen molar-refractivity contribution in [3.63, 3.8) is 0 Å². The van der Waals surface area contributed by atoms with Crippen LogP contribution >= 0.6 is 15.9 Å². The van der Waals surface area contributed by atoms with Gasteiger partial charge in [0.1, 0.15) is 11.4 Å². The van der Waals surface area contributed by atoms with E-state index in [9.17, 15) is 27.2 Å². The van der Waals surface area contributed by atoms with E-state index in [4.69, 9.17) is 4.74 Å². The largest absolute Gasteiger partial charge is 0.444 e. The van der Waals surface area contributed by atoms with Gasteiger partial charge < -0.3 is 14.5 Å². The van der Waals surface area contributed by atoms with Crippen molar-refractivity contribution in [2.45, 2.75) is 45.5 Å². The Balaban J connectivity index is 2.21. The molecule has 1 aliphatic rings. The first-order chi connectivity index (χ1) is 12.7. The van der Waals surface area contributed by atoms with Crippen molar-refractivity contribution in [2.24, 2.45) is 0 Å². The number of halogens is 5. The highest BCUT2D eigenvalue weighted by Crippen LogP contribution is 2.35. The number of alkyl halides is 3. The number of hydrogen-bond acceptors (Lipinski definition) is 3. The monoisotopic (exact) mass is 468 g/mol. The molecule has 1 aromatic rings. The van der Waals surface area contributed by atoms with Gasteiger partial charge in [0.2, 0.25) is 0 Å². The molecule has 0 unspecified atom stereocenters. The van der Waals surface area contributed by atoms with E-state index in [1.165, 1.54) is 9.80 Å². The second-order valence-electron chi connectivity index (χ2n) is 7.56. The Labute approximate surface area is 168 Å². The number of nitrogens with zero attached hydrogens (tertiary/aromatic N) is 2. The van der Waals surface area contributed by atoms with Crippen molar-refractivity contribution in [3.8, 4) is 0 Å². The number of ether oxygens (including phenoxy) is 1. The molecule has 1 atom stereocenters. The molecule has 0 spiro atoms. The van der Waals surface area contributed by atoms with Crippen molar-refractivity contribution in [1.29, 1.82) is 0 Å². The minimum absolute atomic E-state index is 0.0419. The summed E-state index contributed by atoms with van der Waals surface area (Å²) in [6.07, 6.45) is -5.46. The number of carbonyl (C=O) groups excluding carboxylic acids is 2. The molecule has 10 heteroatoms. The van der Waals surface area contributed by atoms with Gasteiger partial charge in [-0.25, -0.2) is 9.18 Å². The molecule has 1 heterocycles. The minimum Gasteiger partial charge on any atom is -0.444 e. The lowest BCUT2D eigenvalue weighted by molar-refractivity contribution is -0.140. The predicted octanol–water partition coefficient (Wildman–Crippen LogP) is 4.69. The maximum Gasteiger partial charge on any atom is 0.419 e. The smallest absolute Gasteiger partial charge is 0.419 e. The van der Waals surface area contributed by atoms with Crippen LogP contribution in [0.1, 0.15) is 43.6 Å². The first-order valence-electron chi connectivity index (χ1n) is 8.56. The molecular weight excluding hydrogens is 448 g/mol. The Bertz CT molecular complexity index is 777. The molecule has 1 fully saturated rings. The summed E-state index contributed by atoms with van der Waals surface area (Å²) in [5.74, 6) is -2.49. The van der Waals surface area contributed by atoms with Crippen LogP contribution in [-0.4, -0.2) is 53.1 Å². The van der Waals surface area contributed by atoms with E-state index in [0.717, 1.165) is 6.07 Å². The van der Waals surface area contributed by atoms with Crippen LogP contribution in [0, 0.1) is 5.82 Å². The van der Waals surface area contributed by atoms with Crippen LogP contribution in [0.15, 0.2) is 16.6 Å². The van der Waals surface area contributed by atoms with Crippen LogP contribution in [0.5, 0.6) is 0 Å². The molecule has 0 aliphatic carbocycles. The number of rotatable bonds is 1. The summed E-state index contributed by atoms with van der Waals surface area (Å²) < 4.78 is 58.6. The minimum atomic E-state index is -4.91. The third-order valence-electron chi connectivity index (χ3n) is 4.15. The van der Waals surface area contributed by atoms with Gasteiger partial charge in [0.05, 0.1) is 11.1 Å². The quantitative estimate of drug-likeness (QED) is 0.561. The molecule has 0 N–H and O–H groups in total. The van der Waals surface area contributed by atoms with E-state index < -0.39 is 46.8 Å². The third-order valence-corrected chi connectivity index (χ3v) is 4.81. The second-order valence-corrected chi connectivity index (χ2v) is 8.41. The Morgan fingerprint density at radius 2 is 1.79 bits per heavy atom. The molecule has 2 amide bonds. The van der Waals surface area contributed by atoms with Crippen LogP contribution in [0.3, 0.4) is 0 Å². The van der Waals surface area contributed by atoms with Gasteiger partial charge >= 0.3 is 12.3 Å². The molecule has 1 aromatic carbocycles. The lowest BCUT2D eigenvalue weighted by atomic mass is 10.1. The summed E-state index contributed by atoms with van der Waals surface area (Å²) in [5, 5.41) is 0. The Kier molecular flexibility index (Phi) is 6.32. The van der Waals surface area contributed by atoms with Crippen molar-refractivity contribution in [1.82, 2.24) is 9.80 Å². The normalized spacial score (nSPS) is 18.2. The molecule has 0 saturated carbocycles. The van der Waals surface area contributed by atoms with Gasteiger partial charge in [0.15, 0.2) is 0 Å². The van der Waals surface area contributed by atoms with E-state index in [1.807, 2.05) is 0 Å². The summed E-state index contributed by atoms with van der Waals surface area (Å²) >= 11 is 2.96. The van der Waals surface area contributed by atoms with E-state index in [-0.39, 0.29) is 24.1 Å². The Morgan fingerprint density at radius 1 is 1.18 bits per heavy atom. The highest BCUT2D eigenvalue weighted by atomic mass is 79.9. The lowest BCUT2D eigenvalue weighted by Crippen LogP contribution is -2.56. The maximum atomic E-state index is 14.4. The average molecular weight is 469 g/mol. The fourth-order valence-corrected chi connectivity index (χ4v) is 3.34. The van der Waals surface area contributed by atoms with Gasteiger partial charge in [-0.05, 0) is 55.8 Å². The highest BCUT2D eigenvalue weighted by molar-refractivity contribution is 9.10. The van der Waals surface area contributed by atoms with Crippen molar-refractivity contribution in [2.75, 3.05) is 19.6 Å². The fourth-order valence-electron chi connectivity index (χ4n) is 2.86. The van der Waals surface area contributed by atoms with Crippen molar-refractivity contribution < 1.29 is 31.9 Å². The molecule has 0 bridgehead atoms. The van der Waals surface area contributed by atoms with Gasteiger partial charge in [0, 0.05) is 30.1 Å². The number of benzene rings is 1. The number of carbonyl (C=O) groups is 2. The molecule has 0 aromatic heterocycles. The Hall–Kier alpha value is -1.84. The number of piperazine rings is 1. The third kappa shape index (κ3) is 4.95. The van der Waals surface area contributed by atoms with Crippen molar-refractivity contribution in [3.05, 3.63) is 33.5 Å².